The summed E-state index contributed by atoms with van der Waals surface area (Å²) < 4.78 is 45.5. The molecular weight excluding hydrogens is 392 g/mol. The summed E-state index contributed by atoms with van der Waals surface area (Å²) in [5.74, 6) is 1.87. The van der Waals surface area contributed by atoms with Gasteiger partial charge in [-0.15, -0.1) is 0 Å². The largest absolute Gasteiger partial charge is 0.497 e. The van der Waals surface area contributed by atoms with Crippen molar-refractivity contribution in [3.05, 3.63) is 59.8 Å². The zero-order chi connectivity index (χ0) is 20.8. The van der Waals surface area contributed by atoms with Crippen LogP contribution in [-0.4, -0.2) is 28.7 Å². The zero-order valence-corrected chi connectivity index (χ0v) is 16.2. The summed E-state index contributed by atoms with van der Waals surface area (Å²) in [6.07, 6.45) is -2.67. The Bertz CT molecular complexity index is 1250. The third kappa shape index (κ3) is 2.92. The Morgan fingerprint density at radius 1 is 1.03 bits per heavy atom. The van der Waals surface area contributed by atoms with E-state index in [9.17, 15) is 8.78 Å². The lowest BCUT2D eigenvalue weighted by Gasteiger charge is -2.10. The molecule has 1 aliphatic rings. The van der Waals surface area contributed by atoms with Crippen LogP contribution in [0.2, 0.25) is 0 Å². The van der Waals surface area contributed by atoms with Crippen molar-refractivity contribution in [1.29, 1.82) is 0 Å². The van der Waals surface area contributed by atoms with E-state index in [1.54, 1.807) is 49.0 Å². The Hall–Kier alpha value is -3.68. The maximum atomic E-state index is 14.0. The van der Waals surface area contributed by atoms with Crippen LogP contribution in [0.4, 0.5) is 8.78 Å². The summed E-state index contributed by atoms with van der Waals surface area (Å²) in [6, 6.07) is 13.9. The second kappa shape index (κ2) is 6.98. The fraction of sp³-hybridized carbons (Fsp3) is 0.182. The molecule has 0 radical (unpaired) electrons. The first-order valence-corrected chi connectivity index (χ1v) is 9.28. The quantitative estimate of drug-likeness (QED) is 0.471. The molecule has 6 nitrogen and oxygen atoms in total. The van der Waals surface area contributed by atoms with Crippen molar-refractivity contribution in [2.24, 2.45) is 0 Å². The molecule has 3 heterocycles. The molecule has 0 bridgehead atoms. The maximum Gasteiger partial charge on any atom is 0.264 e. The average molecular weight is 409 g/mol. The van der Waals surface area contributed by atoms with E-state index in [4.69, 9.17) is 19.2 Å². The van der Waals surface area contributed by atoms with Crippen LogP contribution in [0, 0.1) is 6.92 Å². The molecule has 0 amide bonds. The molecule has 0 fully saturated rings. The van der Waals surface area contributed by atoms with E-state index < -0.39 is 6.43 Å². The summed E-state index contributed by atoms with van der Waals surface area (Å²) in [5.41, 5.74) is 2.51. The van der Waals surface area contributed by atoms with Gasteiger partial charge >= 0.3 is 0 Å². The van der Waals surface area contributed by atoms with E-state index >= 15 is 0 Å². The molecular formula is C22H17F2N3O3. The average Bonchev–Trinajstić information content (AvgIpc) is 3.37. The monoisotopic (exact) mass is 409 g/mol. The van der Waals surface area contributed by atoms with Crippen LogP contribution in [0.1, 0.15) is 17.7 Å². The highest BCUT2D eigenvalue weighted by Crippen LogP contribution is 2.38. The molecule has 0 unspecified atom stereocenters. The molecule has 8 heteroatoms. The van der Waals surface area contributed by atoms with Gasteiger partial charge in [0.15, 0.2) is 17.1 Å². The van der Waals surface area contributed by atoms with Crippen molar-refractivity contribution in [3.8, 4) is 34.2 Å². The summed E-state index contributed by atoms with van der Waals surface area (Å²) in [4.78, 5) is 4.69. The molecule has 4 aromatic rings. The fourth-order valence-corrected chi connectivity index (χ4v) is 3.60. The Morgan fingerprint density at radius 2 is 1.80 bits per heavy atom. The first kappa shape index (κ1) is 18.4. The van der Waals surface area contributed by atoms with Crippen molar-refractivity contribution >= 4 is 11.0 Å². The van der Waals surface area contributed by atoms with Gasteiger partial charge in [0.2, 0.25) is 6.79 Å². The molecule has 2 aromatic carbocycles. The number of hydrogen-bond acceptors (Lipinski definition) is 5. The molecule has 2 aromatic heterocycles. The molecule has 0 spiro atoms. The number of aromatic nitrogens is 3. The summed E-state index contributed by atoms with van der Waals surface area (Å²) >= 11 is 0. The summed E-state index contributed by atoms with van der Waals surface area (Å²) in [6.45, 7) is 1.84. The number of aryl methyl sites for hydroxylation is 1. The molecule has 30 heavy (non-hydrogen) atoms. The number of fused-ring (bicyclic) bond motifs is 2. The van der Waals surface area contributed by atoms with E-state index in [-0.39, 0.29) is 12.4 Å². The lowest BCUT2D eigenvalue weighted by molar-refractivity contribution is 0.153. The predicted molar refractivity (Wildman–Crippen MR) is 107 cm³/mol. The van der Waals surface area contributed by atoms with Crippen molar-refractivity contribution in [3.63, 3.8) is 0 Å². The van der Waals surface area contributed by atoms with Crippen LogP contribution in [-0.2, 0) is 0 Å². The minimum absolute atomic E-state index is 0.107. The molecule has 0 aliphatic carbocycles. The lowest BCUT2D eigenvalue weighted by atomic mass is 10.1. The number of halogens is 2. The number of hydrogen-bond donors (Lipinski definition) is 0. The maximum absolute atomic E-state index is 14.0. The van der Waals surface area contributed by atoms with Crippen molar-refractivity contribution in [1.82, 2.24) is 14.8 Å². The highest BCUT2D eigenvalue weighted by atomic mass is 19.3. The number of methoxy groups -OCH3 is 1. The number of alkyl halides is 2. The van der Waals surface area contributed by atoms with E-state index in [1.165, 1.54) is 6.07 Å². The van der Waals surface area contributed by atoms with Gasteiger partial charge in [0.1, 0.15) is 5.75 Å². The summed E-state index contributed by atoms with van der Waals surface area (Å²) in [7, 11) is 1.58. The minimum Gasteiger partial charge on any atom is -0.497 e. The van der Waals surface area contributed by atoms with Crippen LogP contribution in [0.15, 0.2) is 48.5 Å². The lowest BCUT2D eigenvalue weighted by Crippen LogP contribution is -2.00. The second-order valence-electron chi connectivity index (χ2n) is 6.86. The molecule has 0 saturated heterocycles. The van der Waals surface area contributed by atoms with Gasteiger partial charge in [-0.1, -0.05) is 0 Å². The van der Waals surface area contributed by atoms with Gasteiger partial charge in [0.25, 0.3) is 6.43 Å². The number of pyridine rings is 1. The highest BCUT2D eigenvalue weighted by molar-refractivity contribution is 5.86. The molecule has 0 saturated carbocycles. The van der Waals surface area contributed by atoms with E-state index in [0.717, 1.165) is 0 Å². The van der Waals surface area contributed by atoms with E-state index in [1.807, 2.05) is 12.1 Å². The van der Waals surface area contributed by atoms with Crippen molar-refractivity contribution in [2.45, 2.75) is 13.3 Å². The fourth-order valence-electron chi connectivity index (χ4n) is 3.60. The topological polar surface area (TPSA) is 58.4 Å². The minimum atomic E-state index is -2.67. The Morgan fingerprint density at radius 3 is 2.53 bits per heavy atom. The molecule has 0 N–H and O–H groups in total. The van der Waals surface area contributed by atoms with Crippen LogP contribution in [0.5, 0.6) is 17.2 Å². The van der Waals surface area contributed by atoms with Crippen LogP contribution in [0.25, 0.3) is 28.0 Å². The number of nitrogens with zero attached hydrogens (tertiary/aromatic N) is 3. The SMILES string of the molecule is COc1ccc(-n2nc(C)c3c(C(F)F)cc(-c4ccc5c(c4)OCO5)nc32)cc1. The third-order valence-electron chi connectivity index (χ3n) is 5.06. The normalized spacial score (nSPS) is 12.7. The van der Waals surface area contributed by atoms with Gasteiger partial charge in [-0.25, -0.2) is 18.4 Å². The van der Waals surface area contributed by atoms with E-state index in [0.29, 0.717) is 50.9 Å². The van der Waals surface area contributed by atoms with Crippen LogP contribution < -0.4 is 14.2 Å². The Labute approximate surface area is 170 Å². The van der Waals surface area contributed by atoms with E-state index in [2.05, 4.69) is 5.10 Å². The van der Waals surface area contributed by atoms with Gasteiger partial charge in [-0.3, -0.25) is 0 Å². The summed E-state index contributed by atoms with van der Waals surface area (Å²) in [5, 5.41) is 4.84. The highest BCUT2D eigenvalue weighted by Gasteiger charge is 2.23. The predicted octanol–water partition coefficient (Wildman–Crippen LogP) is 5.07. The number of ether oxygens (including phenoxy) is 3. The van der Waals surface area contributed by atoms with Gasteiger partial charge in [0.05, 0.1) is 29.6 Å². The van der Waals surface area contributed by atoms with Gasteiger partial charge in [-0.05, 0) is 55.5 Å². The molecule has 152 valence electrons. The first-order chi connectivity index (χ1) is 14.5. The molecule has 5 rings (SSSR count). The zero-order valence-electron chi connectivity index (χ0n) is 16.2. The Balaban J connectivity index is 1.73. The first-order valence-electron chi connectivity index (χ1n) is 9.28. The third-order valence-corrected chi connectivity index (χ3v) is 5.06. The Kier molecular flexibility index (Phi) is 4.27. The van der Waals surface area contributed by atoms with Gasteiger partial charge in [0, 0.05) is 11.1 Å². The van der Waals surface area contributed by atoms with Crippen molar-refractivity contribution in [2.75, 3.05) is 13.9 Å². The number of rotatable bonds is 4. The molecule has 1 aliphatic heterocycles. The number of benzene rings is 2. The van der Waals surface area contributed by atoms with Gasteiger partial charge < -0.3 is 14.2 Å². The van der Waals surface area contributed by atoms with Crippen LogP contribution in [0.3, 0.4) is 0 Å². The molecule has 0 atom stereocenters. The van der Waals surface area contributed by atoms with Crippen LogP contribution >= 0.6 is 0 Å². The second-order valence-corrected chi connectivity index (χ2v) is 6.86. The smallest absolute Gasteiger partial charge is 0.264 e. The standard InChI is InChI=1S/C22H17F2N3O3/c1-12-20-16(21(23)24)10-17(13-3-8-18-19(9-13)30-11-29-18)25-22(20)27(26-12)14-4-6-15(28-2)7-5-14/h3-10,21H,11H2,1-2H3. The van der Waals surface area contributed by atoms with Crippen molar-refractivity contribution < 1.29 is 23.0 Å². The van der Waals surface area contributed by atoms with Gasteiger partial charge in [-0.2, -0.15) is 5.10 Å².